The van der Waals surface area contributed by atoms with Gasteiger partial charge in [0.05, 0.1) is 0 Å². The summed E-state index contributed by atoms with van der Waals surface area (Å²) in [6, 6.07) is 17.5. The molecule has 0 fully saturated rings. The Balaban J connectivity index is 1.89. The number of hydrogen-bond acceptors (Lipinski definition) is 0. The summed E-state index contributed by atoms with van der Waals surface area (Å²) < 4.78 is 4.67. The highest BCUT2D eigenvalue weighted by Crippen LogP contribution is 2.28. The number of para-hydroxylation sites is 1. The van der Waals surface area contributed by atoms with Crippen LogP contribution in [0.1, 0.15) is 16.8 Å². The van der Waals surface area contributed by atoms with Crippen molar-refractivity contribution in [3.05, 3.63) is 65.4 Å². The largest absolute Gasteiger partial charge is 0.339 e. The Hall–Kier alpha value is -2.35. The number of aromatic nitrogens is 1. The lowest BCUT2D eigenvalue weighted by Crippen LogP contribution is -2.19. The topological polar surface area (TPSA) is 7.94 Å². The molecule has 0 atom stereocenters. The molecule has 0 saturated heterocycles. The zero-order valence-corrected chi connectivity index (χ0v) is 12.5. The fourth-order valence-corrected chi connectivity index (χ4v) is 3.30. The zero-order valence-electron chi connectivity index (χ0n) is 12.5. The van der Waals surface area contributed by atoms with Crippen LogP contribution >= 0.6 is 0 Å². The molecule has 2 heterocycles. The third kappa shape index (κ3) is 1.90. The summed E-state index contributed by atoms with van der Waals surface area (Å²) in [4.78, 5) is 0. The van der Waals surface area contributed by atoms with Crippen LogP contribution in [0.2, 0.25) is 0 Å². The summed E-state index contributed by atoms with van der Waals surface area (Å²) >= 11 is 0. The fraction of sp³-hybridized carbons (Fsp3) is 0.211. The van der Waals surface area contributed by atoms with Crippen LogP contribution in [0.25, 0.3) is 10.9 Å². The molecular weight excluding hydrogens is 256 g/mol. The predicted molar refractivity (Wildman–Crippen MR) is 87.8 cm³/mol. The molecule has 104 valence electrons. The molecule has 0 radical (unpaired) electrons. The molecular formula is C19H19N2+. The van der Waals surface area contributed by atoms with Gasteiger partial charge in [-0.05, 0) is 18.6 Å². The lowest BCUT2D eigenvalue weighted by Gasteiger charge is -2.10. The van der Waals surface area contributed by atoms with Crippen molar-refractivity contribution in [1.29, 1.82) is 0 Å². The van der Waals surface area contributed by atoms with E-state index in [1.54, 1.807) is 0 Å². The molecule has 0 unspecified atom stereocenters. The van der Waals surface area contributed by atoms with Gasteiger partial charge in [0.25, 0.3) is 0 Å². The van der Waals surface area contributed by atoms with Crippen molar-refractivity contribution in [2.75, 3.05) is 6.54 Å². The Kier molecular flexibility index (Phi) is 2.71. The molecule has 0 bridgehead atoms. The fourth-order valence-electron chi connectivity index (χ4n) is 3.30. The van der Waals surface area contributed by atoms with Gasteiger partial charge >= 0.3 is 0 Å². The molecule has 0 N–H and O–H groups in total. The van der Waals surface area contributed by atoms with E-state index < -0.39 is 0 Å². The van der Waals surface area contributed by atoms with Crippen molar-refractivity contribution >= 4 is 22.8 Å². The highest BCUT2D eigenvalue weighted by Gasteiger charge is 2.23. The van der Waals surface area contributed by atoms with E-state index in [9.17, 15) is 0 Å². The SMILES string of the molecule is Cc1ccc([N+]2=Cc3c(c4ccccc4n3C)CC2)cc1. The first-order valence-electron chi connectivity index (χ1n) is 7.48. The first-order chi connectivity index (χ1) is 10.2. The molecule has 1 aromatic heterocycles. The number of benzene rings is 2. The van der Waals surface area contributed by atoms with Crippen LogP contribution in [0.3, 0.4) is 0 Å². The Morgan fingerprint density at radius 1 is 1.00 bits per heavy atom. The maximum absolute atomic E-state index is 2.36. The Morgan fingerprint density at radius 2 is 1.76 bits per heavy atom. The predicted octanol–water partition coefficient (Wildman–Crippen LogP) is 3.81. The molecule has 0 aliphatic carbocycles. The zero-order chi connectivity index (χ0) is 14.4. The average molecular weight is 275 g/mol. The second-order valence-electron chi connectivity index (χ2n) is 5.85. The summed E-state index contributed by atoms with van der Waals surface area (Å²) in [5, 5.41) is 1.40. The summed E-state index contributed by atoms with van der Waals surface area (Å²) in [6.45, 7) is 3.18. The Labute approximate surface area is 125 Å². The average Bonchev–Trinajstić information content (AvgIpc) is 2.81. The lowest BCUT2D eigenvalue weighted by molar-refractivity contribution is -0.436. The third-order valence-corrected chi connectivity index (χ3v) is 4.51. The van der Waals surface area contributed by atoms with Gasteiger partial charge in [-0.25, -0.2) is 0 Å². The molecule has 4 rings (SSSR count). The normalized spacial score (nSPS) is 14.1. The summed E-state index contributed by atoms with van der Waals surface area (Å²) in [7, 11) is 2.16. The smallest absolute Gasteiger partial charge is 0.205 e. The highest BCUT2D eigenvalue weighted by atomic mass is 15.0. The Morgan fingerprint density at radius 3 is 2.57 bits per heavy atom. The summed E-state index contributed by atoms with van der Waals surface area (Å²) in [5.41, 5.74) is 6.72. The van der Waals surface area contributed by atoms with E-state index in [2.05, 4.69) is 77.9 Å². The molecule has 2 aromatic carbocycles. The molecule has 2 heteroatoms. The minimum absolute atomic E-state index is 1.05. The maximum atomic E-state index is 2.36. The van der Waals surface area contributed by atoms with Crippen molar-refractivity contribution in [3.63, 3.8) is 0 Å². The van der Waals surface area contributed by atoms with E-state index in [0.717, 1.165) is 13.0 Å². The van der Waals surface area contributed by atoms with Crippen LogP contribution in [0.15, 0.2) is 48.5 Å². The van der Waals surface area contributed by atoms with Crippen LogP contribution in [0.4, 0.5) is 5.69 Å². The van der Waals surface area contributed by atoms with Crippen LogP contribution in [0, 0.1) is 6.92 Å². The number of aryl methyl sites for hydroxylation is 2. The van der Waals surface area contributed by atoms with Crippen molar-refractivity contribution in [1.82, 2.24) is 4.57 Å². The first kappa shape index (κ1) is 12.4. The lowest BCUT2D eigenvalue weighted by atomic mass is 10.0. The van der Waals surface area contributed by atoms with Crippen molar-refractivity contribution < 1.29 is 4.58 Å². The molecule has 21 heavy (non-hydrogen) atoms. The quantitative estimate of drug-likeness (QED) is 0.597. The molecule has 0 spiro atoms. The number of rotatable bonds is 1. The van der Waals surface area contributed by atoms with E-state index in [0.29, 0.717) is 0 Å². The van der Waals surface area contributed by atoms with E-state index in [1.807, 2.05) is 0 Å². The molecule has 3 aromatic rings. The molecule has 0 amide bonds. The van der Waals surface area contributed by atoms with E-state index in [1.165, 1.54) is 33.4 Å². The minimum atomic E-state index is 1.05. The standard InChI is InChI=1S/C19H19N2/c1-14-7-9-15(10-8-14)21-12-11-17-16-5-3-4-6-18(16)20(2)19(17)13-21/h3-10,13H,11-12H2,1-2H3/q+1. The monoisotopic (exact) mass is 275 g/mol. The summed E-state index contributed by atoms with van der Waals surface area (Å²) in [5.74, 6) is 0. The van der Waals surface area contributed by atoms with E-state index in [-0.39, 0.29) is 0 Å². The maximum Gasteiger partial charge on any atom is 0.205 e. The van der Waals surface area contributed by atoms with Gasteiger partial charge in [0.15, 0.2) is 12.8 Å². The van der Waals surface area contributed by atoms with Crippen molar-refractivity contribution in [3.8, 4) is 0 Å². The van der Waals surface area contributed by atoms with Crippen LogP contribution in [-0.2, 0) is 13.5 Å². The van der Waals surface area contributed by atoms with Crippen LogP contribution in [-0.4, -0.2) is 21.9 Å². The highest BCUT2D eigenvalue weighted by molar-refractivity contribution is 5.94. The van der Waals surface area contributed by atoms with Gasteiger partial charge in [0, 0.05) is 36.5 Å². The van der Waals surface area contributed by atoms with Crippen LogP contribution in [0.5, 0.6) is 0 Å². The Bertz CT molecular complexity index is 851. The second kappa shape index (κ2) is 4.59. The van der Waals surface area contributed by atoms with E-state index >= 15 is 0 Å². The van der Waals surface area contributed by atoms with Gasteiger partial charge in [0.2, 0.25) is 5.69 Å². The minimum Gasteiger partial charge on any atom is -0.339 e. The molecule has 2 nitrogen and oxygen atoms in total. The van der Waals surface area contributed by atoms with Crippen molar-refractivity contribution in [2.45, 2.75) is 13.3 Å². The van der Waals surface area contributed by atoms with Gasteiger partial charge in [-0.1, -0.05) is 35.9 Å². The number of hydrogen-bond donors (Lipinski definition) is 0. The van der Waals surface area contributed by atoms with Gasteiger partial charge in [-0.2, -0.15) is 4.58 Å². The van der Waals surface area contributed by atoms with Gasteiger partial charge < -0.3 is 4.57 Å². The summed E-state index contributed by atoms with van der Waals surface area (Å²) in [6.07, 6.45) is 3.39. The molecule has 1 aliphatic rings. The number of fused-ring (bicyclic) bond motifs is 3. The molecule has 1 aliphatic heterocycles. The second-order valence-corrected chi connectivity index (χ2v) is 5.85. The molecule has 0 saturated carbocycles. The van der Waals surface area contributed by atoms with Gasteiger partial charge in [0.1, 0.15) is 5.69 Å². The van der Waals surface area contributed by atoms with Gasteiger partial charge in [-0.15, -0.1) is 0 Å². The van der Waals surface area contributed by atoms with Crippen molar-refractivity contribution in [2.24, 2.45) is 7.05 Å². The van der Waals surface area contributed by atoms with E-state index in [4.69, 9.17) is 0 Å². The first-order valence-corrected chi connectivity index (χ1v) is 7.48. The van der Waals surface area contributed by atoms with Crippen LogP contribution < -0.4 is 0 Å². The third-order valence-electron chi connectivity index (χ3n) is 4.51. The number of nitrogens with zero attached hydrogens (tertiary/aromatic N) is 2. The van der Waals surface area contributed by atoms with Gasteiger partial charge in [-0.3, -0.25) is 0 Å².